The summed E-state index contributed by atoms with van der Waals surface area (Å²) in [5.41, 5.74) is 2.50. The molecule has 0 bridgehead atoms. The smallest absolute Gasteiger partial charge is 0.336 e. The molecular weight excluding hydrogens is 259 g/mol. The van der Waals surface area contributed by atoms with Gasteiger partial charge in [0, 0.05) is 5.56 Å². The molecule has 0 aliphatic carbocycles. The maximum atomic E-state index is 13.1. The Morgan fingerprint density at radius 3 is 2.40 bits per heavy atom. The first kappa shape index (κ1) is 14.1. The van der Waals surface area contributed by atoms with Crippen LogP contribution in [0.3, 0.4) is 0 Å². The predicted molar refractivity (Wildman–Crippen MR) is 73.6 cm³/mol. The van der Waals surface area contributed by atoms with Crippen LogP contribution < -0.4 is 4.74 Å². The second-order valence-electron chi connectivity index (χ2n) is 4.72. The molecule has 0 unspecified atom stereocenters. The van der Waals surface area contributed by atoms with Crippen LogP contribution in [0.15, 0.2) is 36.4 Å². The molecule has 0 saturated heterocycles. The molecule has 0 atom stereocenters. The molecule has 2 aromatic carbocycles. The van der Waals surface area contributed by atoms with Crippen molar-refractivity contribution in [2.24, 2.45) is 0 Å². The molecule has 104 valence electrons. The highest BCUT2D eigenvalue weighted by molar-refractivity contribution is 5.89. The summed E-state index contributed by atoms with van der Waals surface area (Å²) in [5, 5.41) is 9.05. The van der Waals surface area contributed by atoms with Gasteiger partial charge in [0.15, 0.2) is 0 Å². The highest BCUT2D eigenvalue weighted by atomic mass is 19.1. The summed E-state index contributed by atoms with van der Waals surface area (Å²) in [4.78, 5) is 11.1. The first-order valence-corrected chi connectivity index (χ1v) is 6.18. The molecule has 4 heteroatoms. The van der Waals surface area contributed by atoms with Gasteiger partial charge in [0.1, 0.15) is 18.2 Å². The summed E-state index contributed by atoms with van der Waals surface area (Å²) in [5.74, 6) is -1.07. The van der Waals surface area contributed by atoms with E-state index in [0.29, 0.717) is 11.3 Å². The SMILES string of the molecule is Cc1cc(C)cc(OCc2ccc(F)cc2C(=O)O)c1. The standard InChI is InChI=1S/C16H15FO3/c1-10-5-11(2)7-14(6-10)20-9-12-3-4-13(17)8-15(12)16(18)19/h3-8H,9H2,1-2H3,(H,18,19). The first-order chi connectivity index (χ1) is 9.45. The quantitative estimate of drug-likeness (QED) is 0.924. The summed E-state index contributed by atoms with van der Waals surface area (Å²) in [7, 11) is 0. The first-order valence-electron chi connectivity index (χ1n) is 6.18. The van der Waals surface area contributed by atoms with Crippen LogP contribution in [0.5, 0.6) is 5.75 Å². The number of ether oxygens (including phenoxy) is 1. The molecule has 0 amide bonds. The van der Waals surface area contributed by atoms with Crippen LogP contribution in [0.4, 0.5) is 4.39 Å². The summed E-state index contributed by atoms with van der Waals surface area (Å²) < 4.78 is 18.7. The molecule has 2 rings (SSSR count). The molecule has 3 nitrogen and oxygen atoms in total. The van der Waals surface area contributed by atoms with E-state index in [2.05, 4.69) is 0 Å². The van der Waals surface area contributed by atoms with Crippen molar-refractivity contribution in [2.75, 3.05) is 0 Å². The van der Waals surface area contributed by atoms with E-state index in [1.54, 1.807) is 0 Å². The average Bonchev–Trinajstić information content (AvgIpc) is 2.36. The molecule has 0 spiro atoms. The fraction of sp³-hybridized carbons (Fsp3) is 0.188. The van der Waals surface area contributed by atoms with Crippen molar-refractivity contribution < 1.29 is 19.0 Å². The van der Waals surface area contributed by atoms with Gasteiger partial charge in [0.25, 0.3) is 0 Å². The van der Waals surface area contributed by atoms with E-state index >= 15 is 0 Å². The lowest BCUT2D eigenvalue weighted by molar-refractivity contribution is 0.0693. The molecule has 2 aromatic rings. The second-order valence-corrected chi connectivity index (χ2v) is 4.72. The zero-order valence-corrected chi connectivity index (χ0v) is 11.3. The number of hydrogen-bond acceptors (Lipinski definition) is 2. The topological polar surface area (TPSA) is 46.5 Å². The number of halogens is 1. The van der Waals surface area contributed by atoms with Crippen LogP contribution >= 0.6 is 0 Å². The zero-order valence-electron chi connectivity index (χ0n) is 11.3. The van der Waals surface area contributed by atoms with Gasteiger partial charge in [-0.1, -0.05) is 12.1 Å². The number of benzene rings is 2. The molecule has 0 aliphatic heterocycles. The minimum atomic E-state index is -1.16. The van der Waals surface area contributed by atoms with Crippen LogP contribution in [0.1, 0.15) is 27.0 Å². The molecule has 0 aliphatic rings. The van der Waals surface area contributed by atoms with Crippen molar-refractivity contribution in [1.82, 2.24) is 0 Å². The fourth-order valence-corrected chi connectivity index (χ4v) is 2.05. The number of carbonyl (C=O) groups is 1. The van der Waals surface area contributed by atoms with E-state index in [4.69, 9.17) is 9.84 Å². The Morgan fingerprint density at radius 2 is 1.80 bits per heavy atom. The van der Waals surface area contributed by atoms with Gasteiger partial charge in [-0.3, -0.25) is 0 Å². The summed E-state index contributed by atoms with van der Waals surface area (Å²) in [6.07, 6.45) is 0. The highest BCUT2D eigenvalue weighted by Gasteiger charge is 2.12. The monoisotopic (exact) mass is 274 g/mol. The van der Waals surface area contributed by atoms with E-state index in [1.807, 2.05) is 32.0 Å². The molecular formula is C16H15FO3. The van der Waals surface area contributed by atoms with Crippen molar-refractivity contribution in [1.29, 1.82) is 0 Å². The number of hydrogen-bond donors (Lipinski definition) is 1. The van der Waals surface area contributed by atoms with E-state index in [-0.39, 0.29) is 12.2 Å². The number of aryl methyl sites for hydroxylation is 2. The van der Waals surface area contributed by atoms with Crippen LogP contribution in [0, 0.1) is 19.7 Å². The Balaban J connectivity index is 2.20. The molecule has 0 fully saturated rings. The Kier molecular flexibility index (Phi) is 4.03. The maximum Gasteiger partial charge on any atom is 0.336 e. The van der Waals surface area contributed by atoms with Crippen LogP contribution in [0.25, 0.3) is 0 Å². The Morgan fingerprint density at radius 1 is 1.15 bits per heavy atom. The van der Waals surface area contributed by atoms with Gasteiger partial charge in [0.05, 0.1) is 5.56 Å². The molecule has 1 N–H and O–H groups in total. The van der Waals surface area contributed by atoms with E-state index in [0.717, 1.165) is 17.2 Å². The molecule has 0 aromatic heterocycles. The van der Waals surface area contributed by atoms with Gasteiger partial charge in [-0.2, -0.15) is 0 Å². The van der Waals surface area contributed by atoms with Crippen molar-refractivity contribution in [2.45, 2.75) is 20.5 Å². The molecule has 0 saturated carbocycles. The van der Waals surface area contributed by atoms with Gasteiger partial charge in [-0.05, 0) is 49.2 Å². The van der Waals surface area contributed by atoms with Gasteiger partial charge in [-0.25, -0.2) is 9.18 Å². The van der Waals surface area contributed by atoms with Gasteiger partial charge in [0.2, 0.25) is 0 Å². The largest absolute Gasteiger partial charge is 0.489 e. The zero-order chi connectivity index (χ0) is 14.7. The third-order valence-corrected chi connectivity index (χ3v) is 2.89. The third-order valence-electron chi connectivity index (χ3n) is 2.89. The molecule has 0 heterocycles. The van der Waals surface area contributed by atoms with E-state index in [9.17, 15) is 9.18 Å². The Labute approximate surface area is 116 Å². The minimum absolute atomic E-state index is 0.0747. The van der Waals surface area contributed by atoms with Gasteiger partial charge in [-0.15, -0.1) is 0 Å². The Hall–Kier alpha value is -2.36. The molecule has 0 radical (unpaired) electrons. The van der Waals surface area contributed by atoms with Gasteiger partial charge >= 0.3 is 5.97 Å². The summed E-state index contributed by atoms with van der Waals surface area (Å²) in [6.45, 7) is 4.01. The Bertz CT molecular complexity index is 630. The number of carboxylic acids is 1. The average molecular weight is 274 g/mol. The van der Waals surface area contributed by atoms with Crippen LogP contribution in [-0.2, 0) is 6.61 Å². The fourth-order valence-electron chi connectivity index (χ4n) is 2.05. The van der Waals surface area contributed by atoms with E-state index in [1.165, 1.54) is 12.1 Å². The minimum Gasteiger partial charge on any atom is -0.489 e. The summed E-state index contributed by atoms with van der Waals surface area (Å²) in [6, 6.07) is 9.43. The van der Waals surface area contributed by atoms with Crippen molar-refractivity contribution in [3.05, 3.63) is 64.5 Å². The predicted octanol–water partition coefficient (Wildman–Crippen LogP) is 3.72. The lowest BCUT2D eigenvalue weighted by Gasteiger charge is -2.10. The number of rotatable bonds is 4. The number of aromatic carboxylic acids is 1. The molecule has 20 heavy (non-hydrogen) atoms. The summed E-state index contributed by atoms with van der Waals surface area (Å²) >= 11 is 0. The second kappa shape index (κ2) is 5.74. The van der Waals surface area contributed by atoms with Crippen molar-refractivity contribution >= 4 is 5.97 Å². The van der Waals surface area contributed by atoms with Gasteiger partial charge < -0.3 is 9.84 Å². The van der Waals surface area contributed by atoms with E-state index < -0.39 is 11.8 Å². The lowest BCUT2D eigenvalue weighted by atomic mass is 10.1. The maximum absolute atomic E-state index is 13.1. The normalized spacial score (nSPS) is 10.3. The van der Waals surface area contributed by atoms with Crippen LogP contribution in [0.2, 0.25) is 0 Å². The van der Waals surface area contributed by atoms with Crippen LogP contribution in [-0.4, -0.2) is 11.1 Å². The van der Waals surface area contributed by atoms with Crippen molar-refractivity contribution in [3.8, 4) is 5.75 Å². The number of carboxylic acid groups (broad SMARTS) is 1. The van der Waals surface area contributed by atoms with Crippen molar-refractivity contribution in [3.63, 3.8) is 0 Å². The highest BCUT2D eigenvalue weighted by Crippen LogP contribution is 2.19. The third kappa shape index (κ3) is 3.35. The lowest BCUT2D eigenvalue weighted by Crippen LogP contribution is -2.06.